The van der Waals surface area contributed by atoms with Crippen molar-refractivity contribution in [3.63, 3.8) is 0 Å². The Hall–Kier alpha value is -3.59. The van der Waals surface area contributed by atoms with Crippen LogP contribution in [0, 0.1) is 0 Å². The van der Waals surface area contributed by atoms with E-state index in [2.05, 4.69) is 20.5 Å². The average Bonchev–Trinajstić information content (AvgIpc) is 3.32. The van der Waals surface area contributed by atoms with Crippen molar-refractivity contribution < 1.29 is 36.9 Å². The molecule has 2 aromatic heterocycles. The summed E-state index contributed by atoms with van der Waals surface area (Å²) >= 11 is 0. The summed E-state index contributed by atoms with van der Waals surface area (Å²) in [4.78, 5) is 21.1. The Labute approximate surface area is 227 Å². The molecular formula is C25H31F4N7O4. The Morgan fingerprint density at radius 3 is 2.75 bits per heavy atom. The molecule has 0 aliphatic carbocycles. The number of hydrogen-bond acceptors (Lipinski definition) is 8. The maximum atomic E-state index is 15.4. The molecule has 0 bridgehead atoms. The maximum Gasteiger partial charge on any atom is 0.417 e. The van der Waals surface area contributed by atoms with E-state index < -0.39 is 36.2 Å². The van der Waals surface area contributed by atoms with E-state index in [1.165, 1.54) is 14.1 Å². The van der Waals surface area contributed by atoms with Gasteiger partial charge in [0.25, 0.3) is 0 Å². The van der Waals surface area contributed by atoms with Crippen molar-refractivity contribution in [2.24, 2.45) is 0 Å². The van der Waals surface area contributed by atoms with E-state index >= 15 is 4.39 Å². The number of ether oxygens (including phenoxy) is 2. The monoisotopic (exact) mass is 569 g/mol. The Kier molecular flexibility index (Phi) is 7.77. The molecule has 2 amide bonds. The highest BCUT2D eigenvalue weighted by molar-refractivity contribution is 5.84. The number of urea groups is 1. The fourth-order valence-electron chi connectivity index (χ4n) is 5.05. The molecule has 2 fully saturated rings. The summed E-state index contributed by atoms with van der Waals surface area (Å²) in [5, 5.41) is 20.3. The van der Waals surface area contributed by atoms with Crippen molar-refractivity contribution >= 4 is 22.8 Å². The van der Waals surface area contributed by atoms with Crippen LogP contribution in [0.3, 0.4) is 0 Å². The fourth-order valence-corrected chi connectivity index (χ4v) is 5.05. The Bertz CT molecular complexity index is 1290. The zero-order valence-corrected chi connectivity index (χ0v) is 22.0. The first-order valence-electron chi connectivity index (χ1n) is 12.9. The fraction of sp³-hybridized carbons (Fsp3) is 0.560. The van der Waals surface area contributed by atoms with E-state index in [1.807, 2.05) is 11.0 Å². The third-order valence-corrected chi connectivity index (χ3v) is 7.40. The van der Waals surface area contributed by atoms with Gasteiger partial charge in [-0.2, -0.15) is 13.2 Å². The number of rotatable bonds is 5. The minimum Gasteiger partial charge on any atom is -0.473 e. The lowest BCUT2D eigenvalue weighted by Gasteiger charge is -2.40. The molecular weight excluding hydrogens is 538 g/mol. The lowest BCUT2D eigenvalue weighted by molar-refractivity contribution is -0.0911. The van der Waals surface area contributed by atoms with E-state index in [4.69, 9.17) is 9.47 Å². The number of alkyl halides is 4. The minimum atomic E-state index is -4.67. The smallest absolute Gasteiger partial charge is 0.417 e. The van der Waals surface area contributed by atoms with Crippen LogP contribution >= 0.6 is 0 Å². The van der Waals surface area contributed by atoms with Gasteiger partial charge in [-0.1, -0.05) is 0 Å². The molecule has 3 N–H and O–H groups in total. The van der Waals surface area contributed by atoms with Crippen LogP contribution in [0.1, 0.15) is 19.3 Å². The number of nitrogens with one attached hydrogen (secondary N) is 2. The highest BCUT2D eigenvalue weighted by Gasteiger charge is 2.38. The van der Waals surface area contributed by atoms with E-state index in [0.717, 1.165) is 28.8 Å². The molecule has 1 unspecified atom stereocenters. The third-order valence-electron chi connectivity index (χ3n) is 7.40. The van der Waals surface area contributed by atoms with Crippen molar-refractivity contribution in [2.75, 3.05) is 45.3 Å². The van der Waals surface area contributed by atoms with Crippen LogP contribution in [0.25, 0.3) is 11.0 Å². The quantitative estimate of drug-likeness (QED) is 0.471. The SMILES string of the molecule is CN1C=C(C(F)(F)F)C=C(NC(=O)N(C)[C@@H]2CCN(c3cnc4[nH]nc(OC5CCOCC5)c4c3)C[C@@H]2F)C1O. The van der Waals surface area contributed by atoms with Gasteiger partial charge in [0.05, 0.1) is 54.3 Å². The molecule has 2 aromatic rings. The number of H-pyrrole nitrogens is 1. The highest BCUT2D eigenvalue weighted by atomic mass is 19.4. The average molecular weight is 570 g/mol. The first kappa shape index (κ1) is 28.0. The number of aliphatic hydroxyl groups is 1. The number of anilines is 1. The summed E-state index contributed by atoms with van der Waals surface area (Å²) in [5.41, 5.74) is -0.161. The summed E-state index contributed by atoms with van der Waals surface area (Å²) in [7, 11) is 2.63. The van der Waals surface area contributed by atoms with Crippen molar-refractivity contribution in [1.82, 2.24) is 30.3 Å². The number of likely N-dealkylation sites (N-methyl/N-ethyl adjacent to an activating group) is 1. The van der Waals surface area contributed by atoms with E-state index in [0.29, 0.717) is 48.4 Å². The first-order chi connectivity index (χ1) is 19.0. The van der Waals surface area contributed by atoms with Crippen LogP contribution in [-0.2, 0) is 4.74 Å². The van der Waals surface area contributed by atoms with Gasteiger partial charge in [0, 0.05) is 39.7 Å². The lowest BCUT2D eigenvalue weighted by atomic mass is 10.0. The summed E-state index contributed by atoms with van der Waals surface area (Å²) < 4.78 is 66.4. The zero-order valence-electron chi connectivity index (χ0n) is 22.0. The van der Waals surface area contributed by atoms with Crippen molar-refractivity contribution in [1.29, 1.82) is 0 Å². The molecule has 40 heavy (non-hydrogen) atoms. The number of piperidine rings is 1. The molecule has 0 spiro atoms. The number of amides is 2. The number of pyridine rings is 1. The molecule has 15 heteroatoms. The molecule has 5 rings (SSSR count). The Balaban J connectivity index is 1.23. The Morgan fingerprint density at radius 1 is 1.30 bits per heavy atom. The number of halogens is 4. The van der Waals surface area contributed by atoms with Crippen LogP contribution in [0.2, 0.25) is 0 Å². The van der Waals surface area contributed by atoms with E-state index in [-0.39, 0.29) is 24.8 Å². The van der Waals surface area contributed by atoms with Crippen LogP contribution < -0.4 is 15.0 Å². The van der Waals surface area contributed by atoms with Crippen LogP contribution in [0.15, 0.2) is 35.8 Å². The molecule has 0 saturated carbocycles. The van der Waals surface area contributed by atoms with Gasteiger partial charge < -0.3 is 34.6 Å². The number of nitrogens with zero attached hydrogens (tertiary/aromatic N) is 5. The van der Waals surface area contributed by atoms with E-state index in [9.17, 15) is 23.1 Å². The molecule has 0 radical (unpaired) electrons. The standard InChI is InChI=1S/C25H31F4N7O4/c1-34-12-14(25(27,28)29)9-19(23(34)37)31-24(38)35(2)20-3-6-36(13-18(20)26)15-10-17-21(30-11-15)32-33-22(17)40-16-4-7-39-8-5-16/h9-12,16,18,20,23,37H,3-8,13H2,1-2H3,(H,31,38)(H,30,32,33)/t18-,20+,23?/m0/s1. The maximum absolute atomic E-state index is 15.4. The number of hydrogen-bond donors (Lipinski definition) is 3. The zero-order chi connectivity index (χ0) is 28.6. The topological polar surface area (TPSA) is 119 Å². The number of fused-ring (bicyclic) bond motifs is 1. The van der Waals surface area contributed by atoms with Gasteiger partial charge in [-0.3, -0.25) is 5.10 Å². The third kappa shape index (κ3) is 5.80. The molecule has 0 aromatic carbocycles. The highest BCUT2D eigenvalue weighted by Crippen LogP contribution is 2.32. The van der Waals surface area contributed by atoms with Crippen LogP contribution in [-0.4, -0.2) is 107 Å². The van der Waals surface area contributed by atoms with Crippen molar-refractivity contribution in [2.45, 2.75) is 50.0 Å². The summed E-state index contributed by atoms with van der Waals surface area (Å²) in [6.07, 6.45) is -2.83. The number of carbonyl (C=O) groups excluding carboxylic acids is 1. The Morgan fingerprint density at radius 2 is 2.05 bits per heavy atom. The van der Waals surface area contributed by atoms with Gasteiger partial charge in [-0.05, 0) is 18.6 Å². The second-order valence-corrected chi connectivity index (χ2v) is 10.1. The van der Waals surface area contributed by atoms with Crippen LogP contribution in [0.5, 0.6) is 5.88 Å². The molecule has 3 aliphatic heterocycles. The van der Waals surface area contributed by atoms with Crippen molar-refractivity contribution in [3.8, 4) is 5.88 Å². The number of aliphatic hydroxyl groups excluding tert-OH is 1. The predicted octanol–water partition coefficient (Wildman–Crippen LogP) is 2.67. The van der Waals surface area contributed by atoms with Gasteiger partial charge in [0.1, 0.15) is 12.3 Å². The second-order valence-electron chi connectivity index (χ2n) is 10.1. The summed E-state index contributed by atoms with van der Waals surface area (Å²) in [6, 6.07) is 0.189. The predicted molar refractivity (Wildman–Crippen MR) is 136 cm³/mol. The van der Waals surface area contributed by atoms with Gasteiger partial charge in [-0.15, -0.1) is 5.10 Å². The van der Waals surface area contributed by atoms with Gasteiger partial charge >= 0.3 is 12.2 Å². The second kappa shape index (κ2) is 11.1. The number of aromatic nitrogens is 3. The molecule has 2 saturated heterocycles. The van der Waals surface area contributed by atoms with Crippen molar-refractivity contribution in [3.05, 3.63) is 35.8 Å². The normalized spacial score (nSPS) is 24.5. The molecule has 218 valence electrons. The minimum absolute atomic E-state index is 0.0153. The van der Waals surface area contributed by atoms with Gasteiger partial charge in [0.2, 0.25) is 5.88 Å². The van der Waals surface area contributed by atoms with Gasteiger partial charge in [-0.25, -0.2) is 14.2 Å². The molecule has 3 atom stereocenters. The molecule has 3 aliphatic rings. The number of aromatic amines is 1. The van der Waals surface area contributed by atoms with Gasteiger partial charge in [0.15, 0.2) is 11.9 Å². The van der Waals surface area contributed by atoms with Crippen LogP contribution in [0.4, 0.5) is 28.0 Å². The van der Waals surface area contributed by atoms with E-state index in [1.54, 1.807) is 6.20 Å². The largest absolute Gasteiger partial charge is 0.473 e. The first-order valence-corrected chi connectivity index (χ1v) is 12.9. The molecule has 5 heterocycles. The number of allylic oxidation sites excluding steroid dienone is 2. The molecule has 11 nitrogen and oxygen atoms in total. The summed E-state index contributed by atoms with van der Waals surface area (Å²) in [5.74, 6) is 0.424. The summed E-state index contributed by atoms with van der Waals surface area (Å²) in [6.45, 7) is 1.62. The lowest BCUT2D eigenvalue weighted by Crippen LogP contribution is -2.55. The number of carbonyl (C=O) groups is 1.